The summed E-state index contributed by atoms with van der Waals surface area (Å²) < 4.78 is 0. The minimum atomic E-state index is -0.886. The van der Waals surface area contributed by atoms with Crippen LogP contribution in [0.25, 0.3) is 0 Å². The average Bonchev–Trinajstić information content (AvgIpc) is 3.34. The Balaban J connectivity index is 1.74. The highest BCUT2D eigenvalue weighted by Gasteiger charge is 2.38. The number of nitrogens with two attached hydrogens (primary N) is 1. The first-order valence-corrected chi connectivity index (χ1v) is 8.63. The average molecular weight is 362 g/mol. The Kier molecular flexibility index (Phi) is 5.19. The van der Waals surface area contributed by atoms with Crippen LogP contribution in [0.2, 0.25) is 0 Å². The van der Waals surface area contributed by atoms with Gasteiger partial charge in [0.15, 0.2) is 0 Å². The number of rotatable bonds is 6. The van der Waals surface area contributed by atoms with E-state index in [1.54, 1.807) is 6.20 Å². The maximum atomic E-state index is 13.0. The van der Waals surface area contributed by atoms with Crippen LogP contribution in [0.5, 0.6) is 0 Å². The van der Waals surface area contributed by atoms with E-state index in [0.29, 0.717) is 31.5 Å². The molecule has 3 heterocycles. The quantitative estimate of drug-likeness (QED) is 0.470. The number of hydrogen-bond donors (Lipinski definition) is 4. The molecule has 3 rings (SSSR count). The molecule has 0 saturated carbocycles. The number of aromatic nitrogens is 2. The van der Waals surface area contributed by atoms with Gasteiger partial charge in [0.25, 0.3) is 0 Å². The van der Waals surface area contributed by atoms with Gasteiger partial charge in [0.05, 0.1) is 12.0 Å². The summed E-state index contributed by atoms with van der Waals surface area (Å²) in [5.74, 6) is -1.52. The first-order valence-electron chi connectivity index (χ1n) is 8.63. The normalized spacial score (nSPS) is 23.5. The number of nitrogens with one attached hydrogen (secondary N) is 3. The van der Waals surface area contributed by atoms with Crippen molar-refractivity contribution in [3.8, 4) is 0 Å². The van der Waals surface area contributed by atoms with Gasteiger partial charge in [0.2, 0.25) is 23.6 Å². The molecule has 4 amide bonds. The number of carbonyl (C=O) groups is 4. The van der Waals surface area contributed by atoms with Gasteiger partial charge in [-0.3, -0.25) is 19.2 Å². The van der Waals surface area contributed by atoms with E-state index in [9.17, 15) is 19.2 Å². The van der Waals surface area contributed by atoms with Crippen molar-refractivity contribution >= 4 is 23.6 Å². The lowest BCUT2D eigenvalue weighted by atomic mass is 10.1. The zero-order chi connectivity index (χ0) is 18.7. The third-order valence-corrected chi connectivity index (χ3v) is 4.76. The molecule has 2 saturated heterocycles. The fourth-order valence-electron chi connectivity index (χ4n) is 3.42. The van der Waals surface area contributed by atoms with Crippen LogP contribution in [0.15, 0.2) is 12.5 Å². The van der Waals surface area contributed by atoms with Gasteiger partial charge in [0.1, 0.15) is 18.1 Å². The fourth-order valence-corrected chi connectivity index (χ4v) is 3.42. The number of primary amides is 1. The molecule has 0 aliphatic carbocycles. The van der Waals surface area contributed by atoms with E-state index >= 15 is 0 Å². The summed E-state index contributed by atoms with van der Waals surface area (Å²) in [5, 5.41) is 5.28. The van der Waals surface area contributed by atoms with Crippen LogP contribution in [0.3, 0.4) is 0 Å². The molecule has 26 heavy (non-hydrogen) atoms. The van der Waals surface area contributed by atoms with Crippen molar-refractivity contribution in [1.29, 1.82) is 0 Å². The third kappa shape index (κ3) is 3.84. The van der Waals surface area contributed by atoms with E-state index < -0.39 is 29.9 Å². The van der Waals surface area contributed by atoms with Crippen LogP contribution in [0, 0.1) is 0 Å². The van der Waals surface area contributed by atoms with Gasteiger partial charge in [-0.25, -0.2) is 4.98 Å². The Bertz CT molecular complexity index is 704. The molecule has 1 aromatic heterocycles. The topological polar surface area (TPSA) is 150 Å². The van der Waals surface area contributed by atoms with E-state index in [0.717, 1.165) is 0 Å². The maximum Gasteiger partial charge on any atom is 0.246 e. The van der Waals surface area contributed by atoms with Crippen LogP contribution in [-0.2, 0) is 25.6 Å². The van der Waals surface area contributed by atoms with Crippen molar-refractivity contribution in [2.75, 3.05) is 6.54 Å². The largest absolute Gasteiger partial charge is 0.368 e. The molecule has 0 spiro atoms. The van der Waals surface area contributed by atoms with Crippen LogP contribution in [0.1, 0.15) is 31.4 Å². The van der Waals surface area contributed by atoms with E-state index in [2.05, 4.69) is 20.6 Å². The summed E-state index contributed by atoms with van der Waals surface area (Å²) in [5.41, 5.74) is 6.00. The van der Waals surface area contributed by atoms with E-state index in [1.807, 2.05) is 0 Å². The number of carbonyl (C=O) groups excluding carboxylic acids is 4. The van der Waals surface area contributed by atoms with Gasteiger partial charge in [-0.15, -0.1) is 0 Å². The highest BCUT2D eigenvalue weighted by molar-refractivity contribution is 5.95. The van der Waals surface area contributed by atoms with Gasteiger partial charge >= 0.3 is 0 Å². The molecule has 0 radical (unpaired) electrons. The Hall–Kier alpha value is -2.91. The zero-order valence-electron chi connectivity index (χ0n) is 14.2. The molecule has 1 unspecified atom stereocenters. The first-order chi connectivity index (χ1) is 12.5. The Labute approximate surface area is 149 Å². The number of aromatic amines is 1. The van der Waals surface area contributed by atoms with Crippen LogP contribution in [-0.4, -0.2) is 63.2 Å². The SMILES string of the molecule is NC(=O)[C@@H]1CCCN1C(=O)[C@H](Cc1c[nH]cn1)NC(=O)C1CCC(=O)N1. The molecule has 3 atom stereocenters. The Morgan fingerprint density at radius 3 is 2.81 bits per heavy atom. The van der Waals surface area contributed by atoms with Crippen molar-refractivity contribution < 1.29 is 19.2 Å². The molecule has 1 aromatic rings. The van der Waals surface area contributed by atoms with E-state index in [4.69, 9.17) is 5.73 Å². The molecule has 5 N–H and O–H groups in total. The van der Waals surface area contributed by atoms with Crippen LogP contribution in [0.4, 0.5) is 0 Å². The van der Waals surface area contributed by atoms with Crippen LogP contribution < -0.4 is 16.4 Å². The smallest absolute Gasteiger partial charge is 0.246 e. The number of H-pyrrole nitrogens is 1. The summed E-state index contributed by atoms with van der Waals surface area (Å²) >= 11 is 0. The summed E-state index contributed by atoms with van der Waals surface area (Å²) in [4.78, 5) is 56.7. The number of nitrogens with zero attached hydrogens (tertiary/aromatic N) is 2. The lowest BCUT2D eigenvalue weighted by Crippen LogP contribution is -2.56. The minimum Gasteiger partial charge on any atom is -0.368 e. The summed E-state index contributed by atoms with van der Waals surface area (Å²) in [6.07, 6.45) is 5.17. The van der Waals surface area contributed by atoms with Gasteiger partial charge in [-0.05, 0) is 19.3 Å². The number of hydrogen-bond acceptors (Lipinski definition) is 5. The van der Waals surface area contributed by atoms with Crippen molar-refractivity contribution in [2.45, 2.75) is 50.2 Å². The second kappa shape index (κ2) is 7.54. The monoisotopic (exact) mass is 362 g/mol. The highest BCUT2D eigenvalue weighted by Crippen LogP contribution is 2.19. The first kappa shape index (κ1) is 17.9. The summed E-state index contributed by atoms with van der Waals surface area (Å²) in [6, 6.07) is -2.20. The van der Waals surface area contributed by atoms with Crippen molar-refractivity contribution in [3.05, 3.63) is 18.2 Å². The van der Waals surface area contributed by atoms with E-state index in [-0.39, 0.29) is 24.7 Å². The number of imidazole rings is 1. The third-order valence-electron chi connectivity index (χ3n) is 4.76. The predicted molar refractivity (Wildman–Crippen MR) is 89.3 cm³/mol. The fraction of sp³-hybridized carbons (Fsp3) is 0.562. The molecule has 2 aliphatic rings. The predicted octanol–water partition coefficient (Wildman–Crippen LogP) is -1.81. The van der Waals surface area contributed by atoms with Crippen molar-refractivity contribution in [1.82, 2.24) is 25.5 Å². The second-order valence-corrected chi connectivity index (χ2v) is 6.58. The van der Waals surface area contributed by atoms with E-state index in [1.165, 1.54) is 11.2 Å². The highest BCUT2D eigenvalue weighted by atomic mass is 16.2. The molecule has 0 bridgehead atoms. The number of likely N-dealkylation sites (tertiary alicyclic amines) is 1. The van der Waals surface area contributed by atoms with Gasteiger partial charge in [0, 0.05) is 25.6 Å². The lowest BCUT2D eigenvalue weighted by Gasteiger charge is -2.28. The van der Waals surface area contributed by atoms with Crippen molar-refractivity contribution in [2.24, 2.45) is 5.73 Å². The lowest BCUT2D eigenvalue weighted by molar-refractivity contribution is -0.140. The molecular weight excluding hydrogens is 340 g/mol. The standard InChI is InChI=1S/C16H22N6O4/c17-14(24)12-2-1-5-22(12)16(26)11(6-9-7-18-8-19-9)21-15(25)10-3-4-13(23)20-10/h7-8,10-12H,1-6H2,(H2,17,24)(H,18,19)(H,20,23)(H,21,25)/t10?,11-,12-/m0/s1. The Morgan fingerprint density at radius 2 is 2.19 bits per heavy atom. The number of amides is 4. The molecule has 2 fully saturated rings. The molecule has 140 valence electrons. The maximum absolute atomic E-state index is 13.0. The zero-order valence-corrected chi connectivity index (χ0v) is 14.2. The van der Waals surface area contributed by atoms with Crippen molar-refractivity contribution in [3.63, 3.8) is 0 Å². The molecule has 0 aromatic carbocycles. The molecule has 2 aliphatic heterocycles. The van der Waals surface area contributed by atoms with Gasteiger partial charge in [-0.2, -0.15) is 0 Å². The molecule has 10 heteroatoms. The summed E-state index contributed by atoms with van der Waals surface area (Å²) in [6.45, 7) is 0.416. The molecule has 10 nitrogen and oxygen atoms in total. The molecular formula is C16H22N6O4. The Morgan fingerprint density at radius 1 is 1.38 bits per heavy atom. The van der Waals surface area contributed by atoms with Gasteiger partial charge in [-0.1, -0.05) is 0 Å². The summed E-state index contributed by atoms with van der Waals surface area (Å²) in [7, 11) is 0. The minimum absolute atomic E-state index is 0.177. The van der Waals surface area contributed by atoms with Crippen LogP contribution >= 0.6 is 0 Å². The van der Waals surface area contributed by atoms with Gasteiger partial charge < -0.3 is 26.3 Å². The second-order valence-electron chi connectivity index (χ2n) is 6.58.